The predicted octanol–water partition coefficient (Wildman–Crippen LogP) is 2.40. The van der Waals surface area contributed by atoms with Crippen LogP contribution in [0.2, 0.25) is 0 Å². The molecule has 5 heteroatoms. The summed E-state index contributed by atoms with van der Waals surface area (Å²) in [6.45, 7) is 0.511. The zero-order valence-electron chi connectivity index (χ0n) is 13.3. The molecule has 122 valence electrons. The van der Waals surface area contributed by atoms with Gasteiger partial charge in [-0.3, -0.25) is 4.79 Å². The van der Waals surface area contributed by atoms with Gasteiger partial charge >= 0.3 is 0 Å². The molecule has 1 amide bonds. The Balaban J connectivity index is 1.59. The summed E-state index contributed by atoms with van der Waals surface area (Å²) in [6, 6.07) is 10.0. The summed E-state index contributed by atoms with van der Waals surface area (Å²) in [6.07, 6.45) is 8.68. The molecule has 2 atom stereocenters. The van der Waals surface area contributed by atoms with E-state index in [-0.39, 0.29) is 11.9 Å². The molecule has 3 N–H and O–H groups in total. The average Bonchev–Trinajstić information content (AvgIpc) is 3.10. The maximum absolute atomic E-state index is 12.2. The Hall–Kier alpha value is -2.14. The second kappa shape index (κ2) is 7.42. The number of benzene rings is 1. The molecule has 23 heavy (non-hydrogen) atoms. The summed E-state index contributed by atoms with van der Waals surface area (Å²) in [5.41, 5.74) is 8.18. The van der Waals surface area contributed by atoms with Gasteiger partial charge in [0.25, 0.3) is 0 Å². The van der Waals surface area contributed by atoms with E-state index in [1.807, 2.05) is 41.2 Å². The summed E-state index contributed by atoms with van der Waals surface area (Å²) in [5.74, 6) is 0.410. The van der Waals surface area contributed by atoms with E-state index in [1.165, 1.54) is 12.8 Å². The topological polar surface area (TPSA) is 72.9 Å². The maximum Gasteiger partial charge on any atom is 0.220 e. The monoisotopic (exact) mass is 312 g/mol. The first-order chi connectivity index (χ1) is 11.2. The van der Waals surface area contributed by atoms with Crippen molar-refractivity contribution >= 4 is 5.91 Å². The third-order valence-corrected chi connectivity index (χ3v) is 4.63. The number of rotatable bonds is 5. The van der Waals surface area contributed by atoms with Gasteiger partial charge in [-0.15, -0.1) is 0 Å². The highest BCUT2D eigenvalue weighted by molar-refractivity contribution is 5.76. The first-order valence-corrected chi connectivity index (χ1v) is 8.34. The van der Waals surface area contributed by atoms with Gasteiger partial charge in [-0.25, -0.2) is 4.68 Å². The lowest BCUT2D eigenvalue weighted by Crippen LogP contribution is -2.37. The van der Waals surface area contributed by atoms with Crippen LogP contribution >= 0.6 is 0 Å². The number of hydrogen-bond donors (Lipinski definition) is 2. The fraction of sp³-hybridized carbons (Fsp3) is 0.444. The lowest BCUT2D eigenvalue weighted by atomic mass is 9.83. The van der Waals surface area contributed by atoms with Gasteiger partial charge < -0.3 is 11.1 Å². The van der Waals surface area contributed by atoms with Crippen LogP contribution < -0.4 is 11.1 Å². The van der Waals surface area contributed by atoms with E-state index in [2.05, 4.69) is 10.4 Å². The smallest absolute Gasteiger partial charge is 0.220 e. The SMILES string of the molecule is NC1CCCCC1CC(=O)NCc1ccccc1-n1cccn1. The molecule has 5 nitrogen and oxygen atoms in total. The van der Waals surface area contributed by atoms with Crippen molar-refractivity contribution in [3.63, 3.8) is 0 Å². The van der Waals surface area contributed by atoms with E-state index in [1.54, 1.807) is 6.20 Å². The molecule has 1 aromatic heterocycles. The van der Waals surface area contributed by atoms with Gasteiger partial charge in [-0.1, -0.05) is 31.0 Å². The van der Waals surface area contributed by atoms with E-state index in [0.717, 1.165) is 24.1 Å². The number of aromatic nitrogens is 2. The summed E-state index contributed by atoms with van der Waals surface area (Å²) < 4.78 is 1.82. The van der Waals surface area contributed by atoms with Crippen molar-refractivity contribution in [1.82, 2.24) is 15.1 Å². The summed E-state index contributed by atoms with van der Waals surface area (Å²) in [4.78, 5) is 12.2. The highest BCUT2D eigenvalue weighted by atomic mass is 16.1. The van der Waals surface area contributed by atoms with Crippen LogP contribution in [-0.4, -0.2) is 21.7 Å². The van der Waals surface area contributed by atoms with Crippen LogP contribution in [0.5, 0.6) is 0 Å². The van der Waals surface area contributed by atoms with Gasteiger partial charge in [0.05, 0.1) is 5.69 Å². The molecule has 1 aromatic carbocycles. The molecule has 2 aromatic rings. The lowest BCUT2D eigenvalue weighted by molar-refractivity contribution is -0.122. The van der Waals surface area contributed by atoms with Gasteiger partial charge in [0.2, 0.25) is 5.91 Å². The summed E-state index contributed by atoms with van der Waals surface area (Å²) in [5, 5.41) is 7.30. The third kappa shape index (κ3) is 3.99. The maximum atomic E-state index is 12.2. The van der Waals surface area contributed by atoms with Crippen LogP contribution in [-0.2, 0) is 11.3 Å². The fourth-order valence-corrected chi connectivity index (χ4v) is 3.29. The second-order valence-corrected chi connectivity index (χ2v) is 6.27. The Morgan fingerprint density at radius 2 is 2.09 bits per heavy atom. The zero-order valence-corrected chi connectivity index (χ0v) is 13.3. The highest BCUT2D eigenvalue weighted by Crippen LogP contribution is 2.25. The molecule has 1 fully saturated rings. The number of carbonyl (C=O) groups is 1. The Morgan fingerprint density at radius 1 is 1.26 bits per heavy atom. The number of nitrogens with one attached hydrogen (secondary N) is 1. The molecule has 0 aliphatic heterocycles. The number of nitrogens with zero attached hydrogens (tertiary/aromatic N) is 2. The molecule has 1 aliphatic rings. The fourth-order valence-electron chi connectivity index (χ4n) is 3.29. The average molecular weight is 312 g/mol. The quantitative estimate of drug-likeness (QED) is 0.890. The molecular formula is C18H24N4O. The third-order valence-electron chi connectivity index (χ3n) is 4.63. The van der Waals surface area contributed by atoms with Crippen LogP contribution in [0.15, 0.2) is 42.7 Å². The van der Waals surface area contributed by atoms with Crippen molar-refractivity contribution in [2.75, 3.05) is 0 Å². The van der Waals surface area contributed by atoms with E-state index < -0.39 is 0 Å². The first kappa shape index (κ1) is 15.7. The first-order valence-electron chi connectivity index (χ1n) is 8.34. The molecule has 1 saturated carbocycles. The van der Waals surface area contributed by atoms with Crippen molar-refractivity contribution in [3.05, 3.63) is 48.3 Å². The van der Waals surface area contributed by atoms with Crippen LogP contribution in [0.4, 0.5) is 0 Å². The van der Waals surface area contributed by atoms with E-state index in [9.17, 15) is 4.79 Å². The van der Waals surface area contributed by atoms with Gasteiger partial charge in [0, 0.05) is 31.4 Å². The number of carbonyl (C=O) groups excluding carboxylic acids is 1. The lowest BCUT2D eigenvalue weighted by Gasteiger charge is -2.28. The molecule has 0 radical (unpaired) electrons. The van der Waals surface area contributed by atoms with E-state index in [0.29, 0.717) is 18.9 Å². The molecule has 2 unspecified atom stereocenters. The number of amides is 1. The van der Waals surface area contributed by atoms with Gasteiger partial charge in [-0.05, 0) is 36.5 Å². The molecule has 3 rings (SSSR count). The summed E-state index contributed by atoms with van der Waals surface area (Å²) in [7, 11) is 0. The number of para-hydroxylation sites is 1. The normalized spacial score (nSPS) is 21.1. The standard InChI is InChI=1S/C18H24N4O/c19-16-8-3-1-6-14(16)12-18(23)20-13-15-7-2-4-9-17(15)22-11-5-10-21-22/h2,4-5,7,9-11,14,16H,1,3,6,8,12-13,19H2,(H,20,23). The molecule has 0 saturated heterocycles. The van der Waals surface area contributed by atoms with E-state index >= 15 is 0 Å². The number of nitrogens with two attached hydrogens (primary N) is 1. The second-order valence-electron chi connectivity index (χ2n) is 6.27. The Labute approximate surface area is 136 Å². The van der Waals surface area contributed by atoms with Crippen LogP contribution in [0.25, 0.3) is 5.69 Å². The van der Waals surface area contributed by atoms with Crippen LogP contribution in [0, 0.1) is 5.92 Å². The van der Waals surface area contributed by atoms with Crippen LogP contribution in [0.3, 0.4) is 0 Å². The summed E-state index contributed by atoms with van der Waals surface area (Å²) >= 11 is 0. The molecule has 1 heterocycles. The van der Waals surface area contributed by atoms with Crippen molar-refractivity contribution in [1.29, 1.82) is 0 Å². The van der Waals surface area contributed by atoms with Crippen LogP contribution in [0.1, 0.15) is 37.7 Å². The highest BCUT2D eigenvalue weighted by Gasteiger charge is 2.24. The minimum Gasteiger partial charge on any atom is -0.352 e. The minimum absolute atomic E-state index is 0.0858. The zero-order chi connectivity index (χ0) is 16.1. The minimum atomic E-state index is 0.0858. The van der Waals surface area contributed by atoms with Crippen molar-refractivity contribution in [2.24, 2.45) is 11.7 Å². The van der Waals surface area contributed by atoms with Crippen molar-refractivity contribution < 1.29 is 4.79 Å². The Bertz CT molecular complexity index is 638. The van der Waals surface area contributed by atoms with Crippen molar-refractivity contribution in [2.45, 2.75) is 44.7 Å². The van der Waals surface area contributed by atoms with E-state index in [4.69, 9.17) is 5.73 Å². The van der Waals surface area contributed by atoms with Crippen molar-refractivity contribution in [3.8, 4) is 5.69 Å². The Kier molecular flexibility index (Phi) is 5.08. The Morgan fingerprint density at radius 3 is 2.87 bits per heavy atom. The van der Waals surface area contributed by atoms with Gasteiger partial charge in [0.15, 0.2) is 0 Å². The molecular weight excluding hydrogens is 288 g/mol. The van der Waals surface area contributed by atoms with Gasteiger partial charge in [0.1, 0.15) is 0 Å². The molecule has 0 bridgehead atoms. The predicted molar refractivity (Wildman–Crippen MR) is 90.0 cm³/mol. The largest absolute Gasteiger partial charge is 0.352 e. The molecule has 0 spiro atoms. The number of hydrogen-bond acceptors (Lipinski definition) is 3. The van der Waals surface area contributed by atoms with Gasteiger partial charge in [-0.2, -0.15) is 5.10 Å². The molecule has 1 aliphatic carbocycles.